The van der Waals surface area contributed by atoms with Gasteiger partial charge in [-0.25, -0.2) is 19.3 Å². The molecule has 7 rings (SSSR count). The largest absolute Gasteiger partial charge is 0.481 e. The number of anilines is 1. The zero-order valence-corrected chi connectivity index (χ0v) is 23.7. The van der Waals surface area contributed by atoms with Crippen LogP contribution in [0.4, 0.5) is 10.2 Å². The number of nitrogens with two attached hydrogens (primary N) is 1. The summed E-state index contributed by atoms with van der Waals surface area (Å²) in [7, 11) is 0. The molecule has 2 aromatic carbocycles. The molecule has 0 radical (unpaired) electrons. The number of aromatic nitrogens is 4. The van der Waals surface area contributed by atoms with Crippen molar-refractivity contribution in [3.63, 3.8) is 0 Å². The van der Waals surface area contributed by atoms with Crippen molar-refractivity contribution in [3.05, 3.63) is 90.5 Å². The van der Waals surface area contributed by atoms with Crippen LogP contribution < -0.4 is 5.73 Å². The van der Waals surface area contributed by atoms with Crippen LogP contribution in [0.5, 0.6) is 0 Å². The van der Waals surface area contributed by atoms with Gasteiger partial charge < -0.3 is 15.7 Å². The zero-order chi connectivity index (χ0) is 29.5. The van der Waals surface area contributed by atoms with Gasteiger partial charge in [-0.1, -0.05) is 24.3 Å². The smallest absolute Gasteiger partial charge is 0.306 e. The fourth-order valence-corrected chi connectivity index (χ4v) is 6.58. The van der Waals surface area contributed by atoms with E-state index < -0.39 is 5.97 Å². The van der Waals surface area contributed by atoms with Gasteiger partial charge in [-0.15, -0.1) is 0 Å². The number of hydrogen-bond acceptors (Lipinski definition) is 6. The lowest BCUT2D eigenvalue weighted by molar-refractivity contribution is -0.143. The van der Waals surface area contributed by atoms with Crippen LogP contribution in [0.25, 0.3) is 39.4 Å². The molecule has 218 valence electrons. The van der Waals surface area contributed by atoms with Gasteiger partial charge in [0.1, 0.15) is 17.2 Å². The summed E-state index contributed by atoms with van der Waals surface area (Å²) in [5, 5.41) is 9.27. The molecule has 3 N–H and O–H groups in total. The Hall–Kier alpha value is -4.63. The summed E-state index contributed by atoms with van der Waals surface area (Å²) in [6, 6.07) is 20.7. The van der Waals surface area contributed by atoms with E-state index in [4.69, 9.17) is 15.7 Å². The summed E-state index contributed by atoms with van der Waals surface area (Å²) in [6.07, 6.45) is 7.07. The summed E-state index contributed by atoms with van der Waals surface area (Å²) in [5.41, 5.74) is 12.4. The minimum absolute atomic E-state index is 0.159. The number of carbonyl (C=O) groups is 1. The number of likely N-dealkylation sites (tertiary alicyclic amines) is 1. The van der Waals surface area contributed by atoms with E-state index in [9.17, 15) is 14.3 Å². The Morgan fingerprint density at radius 3 is 2.40 bits per heavy atom. The van der Waals surface area contributed by atoms with Gasteiger partial charge in [0, 0.05) is 49.2 Å². The second-order valence-electron chi connectivity index (χ2n) is 11.8. The lowest BCUT2D eigenvalue weighted by Crippen LogP contribution is -2.47. The number of fused-ring (bicyclic) bond motifs is 1. The minimum Gasteiger partial charge on any atom is -0.481 e. The van der Waals surface area contributed by atoms with Gasteiger partial charge in [0.2, 0.25) is 0 Å². The van der Waals surface area contributed by atoms with Crippen LogP contribution in [0.1, 0.15) is 37.2 Å². The predicted octanol–water partition coefficient (Wildman–Crippen LogP) is 6.16. The van der Waals surface area contributed by atoms with Crippen molar-refractivity contribution in [2.24, 2.45) is 11.8 Å². The first-order valence-electron chi connectivity index (χ1n) is 14.8. The first-order valence-corrected chi connectivity index (χ1v) is 14.8. The highest BCUT2D eigenvalue weighted by atomic mass is 19.1. The Morgan fingerprint density at radius 1 is 0.953 bits per heavy atom. The van der Waals surface area contributed by atoms with E-state index in [1.807, 2.05) is 22.8 Å². The molecule has 0 bridgehead atoms. The number of halogens is 1. The highest BCUT2D eigenvalue weighted by molar-refractivity contribution is 5.85. The van der Waals surface area contributed by atoms with Gasteiger partial charge in [0.05, 0.1) is 11.5 Å². The second kappa shape index (κ2) is 11.2. The zero-order valence-electron chi connectivity index (χ0n) is 23.7. The molecule has 4 heterocycles. The molecule has 0 spiro atoms. The average Bonchev–Trinajstić information content (AvgIpc) is 3.38. The Labute approximate surface area is 249 Å². The van der Waals surface area contributed by atoms with E-state index in [1.54, 1.807) is 24.5 Å². The van der Waals surface area contributed by atoms with Crippen molar-refractivity contribution in [3.8, 4) is 28.2 Å². The Kier molecular flexibility index (Phi) is 7.10. The van der Waals surface area contributed by atoms with Crippen LogP contribution in [0.3, 0.4) is 0 Å². The quantitative estimate of drug-likeness (QED) is 0.239. The van der Waals surface area contributed by atoms with E-state index in [1.165, 1.54) is 17.7 Å². The van der Waals surface area contributed by atoms with Gasteiger partial charge in [-0.05, 0) is 85.2 Å². The van der Waals surface area contributed by atoms with E-state index in [0.717, 1.165) is 67.7 Å². The normalized spacial score (nSPS) is 19.4. The molecule has 9 heteroatoms. The van der Waals surface area contributed by atoms with Crippen LogP contribution in [0, 0.1) is 17.7 Å². The fraction of sp³-hybridized carbons (Fsp3) is 0.294. The molecule has 1 saturated carbocycles. The van der Waals surface area contributed by atoms with Crippen LogP contribution >= 0.6 is 0 Å². The molecule has 5 aromatic rings. The van der Waals surface area contributed by atoms with E-state index >= 15 is 0 Å². The summed E-state index contributed by atoms with van der Waals surface area (Å²) in [6.45, 7) is 3.11. The van der Waals surface area contributed by atoms with Gasteiger partial charge in [-0.2, -0.15) is 0 Å². The van der Waals surface area contributed by atoms with Crippen LogP contribution in [-0.4, -0.2) is 55.1 Å². The van der Waals surface area contributed by atoms with Crippen molar-refractivity contribution >= 4 is 23.0 Å². The lowest BCUT2D eigenvalue weighted by Gasteiger charge is -2.42. The first-order chi connectivity index (χ1) is 20.9. The van der Waals surface area contributed by atoms with E-state index in [2.05, 4.69) is 34.1 Å². The number of pyridine rings is 2. The Morgan fingerprint density at radius 2 is 1.70 bits per heavy atom. The molecule has 43 heavy (non-hydrogen) atoms. The molecule has 0 unspecified atom stereocenters. The monoisotopic (exact) mass is 576 g/mol. The molecule has 2 fully saturated rings. The number of carboxylic acid groups (broad SMARTS) is 1. The summed E-state index contributed by atoms with van der Waals surface area (Å²) in [4.78, 5) is 27.8. The van der Waals surface area contributed by atoms with E-state index in [-0.39, 0.29) is 11.7 Å². The Balaban J connectivity index is 1.13. The van der Waals surface area contributed by atoms with Crippen LogP contribution in [0.15, 0.2) is 79.1 Å². The topological polar surface area (TPSA) is 110 Å². The average molecular weight is 577 g/mol. The molecule has 8 nitrogen and oxygen atoms in total. The number of rotatable bonds is 7. The van der Waals surface area contributed by atoms with Gasteiger partial charge in [-0.3, -0.25) is 9.36 Å². The van der Waals surface area contributed by atoms with Gasteiger partial charge in [0.25, 0.3) is 0 Å². The number of hydrogen-bond donors (Lipinski definition) is 2. The lowest BCUT2D eigenvalue weighted by atomic mass is 9.80. The Bertz CT molecular complexity index is 1770. The van der Waals surface area contributed by atoms with Crippen molar-refractivity contribution in [1.29, 1.82) is 0 Å². The first kappa shape index (κ1) is 27.2. The van der Waals surface area contributed by atoms with Gasteiger partial charge in [0.15, 0.2) is 11.5 Å². The molecule has 3 aromatic heterocycles. The molecular formula is C34H33FN6O2. The molecule has 2 aliphatic rings. The third kappa shape index (κ3) is 5.36. The summed E-state index contributed by atoms with van der Waals surface area (Å²) in [5.74, 6) is 1.04. The highest BCUT2D eigenvalue weighted by Gasteiger charge is 2.32. The third-order valence-corrected chi connectivity index (χ3v) is 9.05. The predicted molar refractivity (Wildman–Crippen MR) is 164 cm³/mol. The molecule has 1 aliphatic heterocycles. The number of nitrogens with zero attached hydrogens (tertiary/aromatic N) is 5. The van der Waals surface area contributed by atoms with Crippen molar-refractivity contribution in [2.45, 2.75) is 31.6 Å². The standard InChI is InChI=1S/C34H33FN6O2/c35-27-11-7-22(8-12-27)25-16-30-33(38-17-25)41(32(39-30)29-2-1-15-37-31(29)36)28-13-9-23(10-14-28)26-19-40(20-26)18-21-3-5-24(6-4-21)34(42)43/h1-2,7-17,21,24,26H,3-6,18-20H2,(H2,36,37)(H,42,43). The second-order valence-corrected chi connectivity index (χ2v) is 11.8. The van der Waals surface area contributed by atoms with Crippen molar-refractivity contribution in [2.75, 3.05) is 25.4 Å². The molecule has 1 aliphatic carbocycles. The van der Waals surface area contributed by atoms with Crippen molar-refractivity contribution in [1.82, 2.24) is 24.4 Å². The SMILES string of the molecule is Nc1ncccc1-c1nc2cc(-c3ccc(F)cc3)cnc2n1-c1ccc(C2CN(CC3CCC(C(=O)O)CC3)C2)cc1. The number of benzene rings is 2. The van der Waals surface area contributed by atoms with E-state index in [0.29, 0.717) is 34.6 Å². The number of nitrogen functional groups attached to an aromatic ring is 1. The highest BCUT2D eigenvalue weighted by Crippen LogP contribution is 2.35. The van der Waals surface area contributed by atoms with Crippen LogP contribution in [0.2, 0.25) is 0 Å². The van der Waals surface area contributed by atoms with Gasteiger partial charge >= 0.3 is 5.97 Å². The molecule has 0 atom stereocenters. The summed E-state index contributed by atoms with van der Waals surface area (Å²) < 4.78 is 15.5. The maximum absolute atomic E-state index is 13.5. The number of imidazole rings is 1. The van der Waals surface area contributed by atoms with Crippen LogP contribution in [-0.2, 0) is 4.79 Å². The molecular weight excluding hydrogens is 543 g/mol. The minimum atomic E-state index is -0.642. The maximum atomic E-state index is 13.5. The number of aliphatic carboxylic acids is 1. The fourth-order valence-electron chi connectivity index (χ4n) is 6.58. The van der Waals surface area contributed by atoms with Crippen molar-refractivity contribution < 1.29 is 14.3 Å². The number of carboxylic acids is 1. The molecule has 1 saturated heterocycles. The maximum Gasteiger partial charge on any atom is 0.306 e. The molecule has 0 amide bonds. The summed E-state index contributed by atoms with van der Waals surface area (Å²) >= 11 is 0. The third-order valence-electron chi connectivity index (χ3n) is 9.05.